The number of nitrogens with zero attached hydrogens (tertiary/aromatic N) is 1. The average molecular weight is 214 g/mol. The van der Waals surface area contributed by atoms with Crippen molar-refractivity contribution in [3.8, 4) is 16.9 Å². The van der Waals surface area contributed by atoms with Crippen LogP contribution in [0.3, 0.4) is 0 Å². The third kappa shape index (κ3) is 1.84. The van der Waals surface area contributed by atoms with Crippen molar-refractivity contribution in [2.75, 3.05) is 12.8 Å². The molecule has 82 valence electrons. The Morgan fingerprint density at radius 3 is 2.69 bits per heavy atom. The van der Waals surface area contributed by atoms with Gasteiger partial charge in [0.05, 0.1) is 7.11 Å². The van der Waals surface area contributed by atoms with E-state index in [9.17, 15) is 0 Å². The van der Waals surface area contributed by atoms with Gasteiger partial charge in [-0.15, -0.1) is 0 Å². The average Bonchev–Trinajstić information content (AvgIpc) is 2.29. The molecule has 0 saturated heterocycles. The molecule has 0 bridgehead atoms. The fourth-order valence-electron chi connectivity index (χ4n) is 1.68. The minimum atomic E-state index is 0.520. The number of pyridine rings is 1. The Labute approximate surface area is 94.9 Å². The minimum Gasteiger partial charge on any atom is -0.496 e. The highest BCUT2D eigenvalue weighted by molar-refractivity contribution is 5.78. The molecule has 1 heterocycles. The molecular weight excluding hydrogens is 200 g/mol. The number of aromatic nitrogens is 1. The lowest BCUT2D eigenvalue weighted by Crippen LogP contribution is -1.95. The van der Waals surface area contributed by atoms with E-state index >= 15 is 0 Å². The normalized spacial score (nSPS) is 10.1. The monoisotopic (exact) mass is 214 g/mol. The van der Waals surface area contributed by atoms with Crippen LogP contribution < -0.4 is 10.5 Å². The van der Waals surface area contributed by atoms with Gasteiger partial charge >= 0.3 is 0 Å². The highest BCUT2D eigenvalue weighted by Crippen LogP contribution is 2.33. The standard InChI is InChI=1S/C13H14N2O/c1-9-5-6-12(16-2)11(8-9)10-4-3-7-15-13(10)14/h3-8H,1-2H3,(H2,14,15). The summed E-state index contributed by atoms with van der Waals surface area (Å²) in [6.45, 7) is 2.04. The van der Waals surface area contributed by atoms with Crippen LogP contribution in [0.4, 0.5) is 5.82 Å². The zero-order valence-electron chi connectivity index (χ0n) is 9.40. The van der Waals surface area contributed by atoms with Crippen molar-refractivity contribution in [2.24, 2.45) is 0 Å². The van der Waals surface area contributed by atoms with Crippen molar-refractivity contribution in [3.63, 3.8) is 0 Å². The molecule has 0 unspecified atom stereocenters. The van der Waals surface area contributed by atoms with Crippen LogP contribution in [-0.2, 0) is 0 Å². The molecule has 0 spiro atoms. The second kappa shape index (κ2) is 4.23. The van der Waals surface area contributed by atoms with E-state index in [1.54, 1.807) is 13.3 Å². The molecule has 0 amide bonds. The van der Waals surface area contributed by atoms with Crippen LogP contribution in [0.25, 0.3) is 11.1 Å². The van der Waals surface area contributed by atoms with E-state index in [1.165, 1.54) is 5.56 Å². The fraction of sp³-hybridized carbons (Fsp3) is 0.154. The zero-order chi connectivity index (χ0) is 11.5. The van der Waals surface area contributed by atoms with Crippen LogP contribution >= 0.6 is 0 Å². The lowest BCUT2D eigenvalue weighted by molar-refractivity contribution is 0.416. The first-order valence-corrected chi connectivity index (χ1v) is 5.08. The Kier molecular flexibility index (Phi) is 2.77. The lowest BCUT2D eigenvalue weighted by Gasteiger charge is -2.10. The van der Waals surface area contributed by atoms with Gasteiger partial charge in [-0.3, -0.25) is 0 Å². The van der Waals surface area contributed by atoms with Crippen molar-refractivity contribution in [2.45, 2.75) is 6.92 Å². The molecule has 0 aliphatic rings. The third-order valence-corrected chi connectivity index (χ3v) is 2.48. The van der Waals surface area contributed by atoms with Gasteiger partial charge in [-0.2, -0.15) is 0 Å². The highest BCUT2D eigenvalue weighted by atomic mass is 16.5. The second-order valence-electron chi connectivity index (χ2n) is 3.64. The molecule has 1 aromatic carbocycles. The topological polar surface area (TPSA) is 48.1 Å². The maximum atomic E-state index is 5.86. The summed E-state index contributed by atoms with van der Waals surface area (Å²) >= 11 is 0. The Balaban J connectivity index is 2.63. The van der Waals surface area contributed by atoms with Crippen LogP contribution in [0.1, 0.15) is 5.56 Å². The van der Waals surface area contributed by atoms with E-state index in [1.807, 2.05) is 37.3 Å². The zero-order valence-corrected chi connectivity index (χ0v) is 9.40. The summed E-state index contributed by atoms with van der Waals surface area (Å²) in [5.74, 6) is 1.33. The van der Waals surface area contributed by atoms with Crippen LogP contribution in [0.2, 0.25) is 0 Å². The predicted octanol–water partition coefficient (Wildman–Crippen LogP) is 2.65. The van der Waals surface area contributed by atoms with Gasteiger partial charge in [-0.05, 0) is 31.2 Å². The number of nitrogen functional groups attached to an aromatic ring is 1. The Bertz CT molecular complexity index is 509. The van der Waals surface area contributed by atoms with E-state index in [-0.39, 0.29) is 0 Å². The van der Waals surface area contributed by atoms with Crippen molar-refractivity contribution in [1.29, 1.82) is 0 Å². The van der Waals surface area contributed by atoms with Gasteiger partial charge < -0.3 is 10.5 Å². The van der Waals surface area contributed by atoms with E-state index in [4.69, 9.17) is 10.5 Å². The predicted molar refractivity (Wildman–Crippen MR) is 65.4 cm³/mol. The number of methoxy groups -OCH3 is 1. The van der Waals surface area contributed by atoms with Crippen LogP contribution in [0, 0.1) is 6.92 Å². The Hall–Kier alpha value is -2.03. The third-order valence-electron chi connectivity index (χ3n) is 2.48. The first-order valence-electron chi connectivity index (χ1n) is 5.08. The number of aryl methyl sites for hydroxylation is 1. The Morgan fingerprint density at radius 2 is 2.00 bits per heavy atom. The SMILES string of the molecule is COc1ccc(C)cc1-c1cccnc1N. The van der Waals surface area contributed by atoms with Gasteiger partial charge in [0, 0.05) is 17.3 Å². The van der Waals surface area contributed by atoms with E-state index in [0.29, 0.717) is 5.82 Å². The number of anilines is 1. The van der Waals surface area contributed by atoms with E-state index < -0.39 is 0 Å². The molecule has 2 rings (SSSR count). The molecule has 3 nitrogen and oxygen atoms in total. The number of benzene rings is 1. The van der Waals surface area contributed by atoms with Gasteiger partial charge in [0.1, 0.15) is 11.6 Å². The maximum Gasteiger partial charge on any atom is 0.131 e. The summed E-state index contributed by atoms with van der Waals surface area (Å²) in [7, 11) is 1.65. The Morgan fingerprint density at radius 1 is 1.19 bits per heavy atom. The number of rotatable bonds is 2. The quantitative estimate of drug-likeness (QED) is 0.836. The summed E-state index contributed by atoms with van der Waals surface area (Å²) in [5.41, 5.74) is 8.91. The molecule has 0 aliphatic carbocycles. The maximum absolute atomic E-state index is 5.86. The van der Waals surface area contributed by atoms with Crippen molar-refractivity contribution in [3.05, 3.63) is 42.1 Å². The molecule has 16 heavy (non-hydrogen) atoms. The number of ether oxygens (including phenoxy) is 1. The summed E-state index contributed by atoms with van der Waals surface area (Å²) in [6.07, 6.45) is 1.68. The molecule has 0 saturated carbocycles. The molecule has 1 aromatic heterocycles. The molecule has 0 fully saturated rings. The fourth-order valence-corrected chi connectivity index (χ4v) is 1.68. The number of hydrogen-bond acceptors (Lipinski definition) is 3. The van der Waals surface area contributed by atoms with Crippen LogP contribution in [0.15, 0.2) is 36.5 Å². The summed E-state index contributed by atoms with van der Waals surface area (Å²) in [6, 6.07) is 9.81. The van der Waals surface area contributed by atoms with Gasteiger partial charge in [0.2, 0.25) is 0 Å². The van der Waals surface area contributed by atoms with Crippen LogP contribution in [0.5, 0.6) is 5.75 Å². The number of hydrogen-bond donors (Lipinski definition) is 1. The van der Waals surface area contributed by atoms with Crippen molar-refractivity contribution in [1.82, 2.24) is 4.98 Å². The van der Waals surface area contributed by atoms with Gasteiger partial charge in [0.15, 0.2) is 0 Å². The second-order valence-corrected chi connectivity index (χ2v) is 3.64. The molecule has 2 N–H and O–H groups in total. The highest BCUT2D eigenvalue weighted by Gasteiger charge is 2.09. The van der Waals surface area contributed by atoms with Crippen molar-refractivity contribution < 1.29 is 4.74 Å². The largest absolute Gasteiger partial charge is 0.496 e. The molecule has 0 radical (unpaired) electrons. The van der Waals surface area contributed by atoms with E-state index in [0.717, 1.165) is 16.9 Å². The molecular formula is C13H14N2O. The molecule has 0 atom stereocenters. The van der Waals surface area contributed by atoms with E-state index in [2.05, 4.69) is 4.98 Å². The lowest BCUT2D eigenvalue weighted by atomic mass is 10.0. The molecule has 0 aliphatic heterocycles. The first kappa shape index (κ1) is 10.5. The van der Waals surface area contributed by atoms with Gasteiger partial charge in [0.25, 0.3) is 0 Å². The van der Waals surface area contributed by atoms with Gasteiger partial charge in [-0.1, -0.05) is 11.6 Å². The molecule has 3 heteroatoms. The van der Waals surface area contributed by atoms with Gasteiger partial charge in [-0.25, -0.2) is 4.98 Å². The molecule has 2 aromatic rings. The minimum absolute atomic E-state index is 0.520. The van der Waals surface area contributed by atoms with Crippen LogP contribution in [-0.4, -0.2) is 12.1 Å². The smallest absolute Gasteiger partial charge is 0.131 e. The summed E-state index contributed by atoms with van der Waals surface area (Å²) < 4.78 is 5.33. The summed E-state index contributed by atoms with van der Waals surface area (Å²) in [5, 5.41) is 0. The van der Waals surface area contributed by atoms with Crippen molar-refractivity contribution >= 4 is 5.82 Å². The first-order chi connectivity index (χ1) is 7.72. The number of nitrogens with two attached hydrogens (primary N) is 1. The summed E-state index contributed by atoms with van der Waals surface area (Å²) in [4.78, 5) is 4.08.